The molecule has 1 saturated heterocycles. The fourth-order valence-corrected chi connectivity index (χ4v) is 3.48. The summed E-state index contributed by atoms with van der Waals surface area (Å²) in [6.07, 6.45) is 4.36. The maximum absolute atomic E-state index is 12.6. The van der Waals surface area contributed by atoms with Gasteiger partial charge in [-0.3, -0.25) is 4.79 Å². The van der Waals surface area contributed by atoms with Gasteiger partial charge in [-0.2, -0.15) is 0 Å². The van der Waals surface area contributed by atoms with Gasteiger partial charge in [-0.05, 0) is 29.8 Å². The van der Waals surface area contributed by atoms with E-state index in [1.54, 1.807) is 18.2 Å². The molecule has 0 bridgehead atoms. The van der Waals surface area contributed by atoms with E-state index in [0.717, 1.165) is 32.7 Å². The lowest BCUT2D eigenvalue weighted by atomic mass is 10.1. The van der Waals surface area contributed by atoms with Gasteiger partial charge in [0.2, 0.25) is 0 Å². The van der Waals surface area contributed by atoms with E-state index < -0.39 is 0 Å². The summed E-state index contributed by atoms with van der Waals surface area (Å²) in [4.78, 5) is 16.0. The summed E-state index contributed by atoms with van der Waals surface area (Å²) in [7, 11) is 0. The van der Waals surface area contributed by atoms with E-state index in [9.17, 15) is 4.79 Å². The number of amides is 1. The van der Waals surface area contributed by atoms with Crippen molar-refractivity contribution in [2.45, 2.75) is 0 Å². The predicted octanol–water partition coefficient (Wildman–Crippen LogP) is 3.05. The third-order valence-electron chi connectivity index (χ3n) is 4.44. The molecule has 1 fully saturated rings. The molecule has 1 N–H and O–H groups in total. The highest BCUT2D eigenvalue weighted by atomic mass is 35.5. The molecule has 2 aromatic rings. The number of nitrogens with zero attached hydrogens (tertiary/aromatic N) is 1. The van der Waals surface area contributed by atoms with Gasteiger partial charge in [0.25, 0.3) is 5.91 Å². The SMILES string of the molecule is O=C(c1ccc(Cl)cc1Cl)N1CC[NH+](CC=Cc2ccccc2)CC1. The number of nitrogens with one attached hydrogen (secondary N) is 1. The van der Waals surface area contributed by atoms with Gasteiger partial charge in [-0.15, -0.1) is 0 Å². The number of piperazine rings is 1. The molecule has 0 saturated carbocycles. The zero-order chi connectivity index (χ0) is 17.6. The minimum absolute atomic E-state index is 0.0134. The monoisotopic (exact) mass is 375 g/mol. The van der Waals surface area contributed by atoms with E-state index in [1.165, 1.54) is 10.5 Å². The number of hydrogen-bond acceptors (Lipinski definition) is 1. The molecule has 3 rings (SSSR count). The maximum Gasteiger partial charge on any atom is 0.255 e. The van der Waals surface area contributed by atoms with Crippen molar-refractivity contribution in [3.63, 3.8) is 0 Å². The first-order valence-corrected chi connectivity index (χ1v) is 9.18. The normalized spacial score (nSPS) is 15.7. The van der Waals surface area contributed by atoms with Crippen molar-refractivity contribution in [1.29, 1.82) is 0 Å². The molecule has 0 unspecified atom stereocenters. The van der Waals surface area contributed by atoms with Crippen LogP contribution >= 0.6 is 23.2 Å². The van der Waals surface area contributed by atoms with E-state index in [0.29, 0.717) is 15.6 Å². The third kappa shape index (κ3) is 4.85. The van der Waals surface area contributed by atoms with E-state index in [4.69, 9.17) is 23.2 Å². The number of halogens is 2. The van der Waals surface area contributed by atoms with Gasteiger partial charge in [-0.1, -0.05) is 59.6 Å². The summed E-state index contributed by atoms with van der Waals surface area (Å²) in [5, 5.41) is 0.957. The molecule has 1 aliphatic rings. The van der Waals surface area contributed by atoms with Crippen molar-refractivity contribution in [3.05, 3.63) is 75.8 Å². The third-order valence-corrected chi connectivity index (χ3v) is 4.98. The van der Waals surface area contributed by atoms with Gasteiger partial charge >= 0.3 is 0 Å². The lowest BCUT2D eigenvalue weighted by molar-refractivity contribution is -0.898. The summed E-state index contributed by atoms with van der Waals surface area (Å²) >= 11 is 12.1. The largest absolute Gasteiger partial charge is 0.329 e. The Hall–Kier alpha value is -1.81. The molecular weight excluding hydrogens is 355 g/mol. The van der Waals surface area contributed by atoms with Gasteiger partial charge in [-0.25, -0.2) is 0 Å². The second kappa shape index (κ2) is 8.52. The van der Waals surface area contributed by atoms with Gasteiger partial charge in [0.1, 0.15) is 0 Å². The topological polar surface area (TPSA) is 24.8 Å². The smallest absolute Gasteiger partial charge is 0.255 e. The second-order valence-corrected chi connectivity index (χ2v) is 7.03. The fourth-order valence-electron chi connectivity index (χ4n) is 2.99. The molecule has 2 aromatic carbocycles. The van der Waals surface area contributed by atoms with Crippen molar-refractivity contribution in [2.24, 2.45) is 0 Å². The first kappa shape index (κ1) is 18.0. The van der Waals surface area contributed by atoms with E-state index >= 15 is 0 Å². The minimum Gasteiger partial charge on any atom is -0.329 e. The Balaban J connectivity index is 1.51. The van der Waals surface area contributed by atoms with Gasteiger partial charge in [0.05, 0.1) is 43.3 Å². The summed E-state index contributed by atoms with van der Waals surface area (Å²) in [5.41, 5.74) is 1.74. The first-order valence-electron chi connectivity index (χ1n) is 8.43. The van der Waals surface area contributed by atoms with Crippen molar-refractivity contribution >= 4 is 35.2 Å². The molecular formula is C20H21Cl2N2O+. The second-order valence-electron chi connectivity index (χ2n) is 6.18. The molecule has 0 radical (unpaired) electrons. The number of benzene rings is 2. The number of hydrogen-bond donors (Lipinski definition) is 1. The molecule has 0 aromatic heterocycles. The Kier molecular flexibility index (Phi) is 6.14. The van der Waals surface area contributed by atoms with Gasteiger partial charge in [0, 0.05) is 5.02 Å². The molecule has 1 aliphatic heterocycles. The quantitative estimate of drug-likeness (QED) is 0.872. The zero-order valence-corrected chi connectivity index (χ0v) is 15.4. The fraction of sp³-hybridized carbons (Fsp3) is 0.250. The molecule has 1 amide bonds. The van der Waals surface area contributed by atoms with Gasteiger partial charge < -0.3 is 9.80 Å². The average molecular weight is 376 g/mol. The lowest BCUT2D eigenvalue weighted by Crippen LogP contribution is -3.14. The van der Waals surface area contributed by atoms with Crippen molar-refractivity contribution in [2.75, 3.05) is 32.7 Å². The van der Waals surface area contributed by atoms with Crippen LogP contribution in [-0.4, -0.2) is 43.5 Å². The highest BCUT2D eigenvalue weighted by Gasteiger charge is 2.25. The molecule has 1 heterocycles. The van der Waals surface area contributed by atoms with Crippen LogP contribution < -0.4 is 4.90 Å². The van der Waals surface area contributed by atoms with Crippen LogP contribution in [0.4, 0.5) is 0 Å². The molecule has 5 heteroatoms. The molecule has 3 nitrogen and oxygen atoms in total. The van der Waals surface area contributed by atoms with E-state index in [-0.39, 0.29) is 5.91 Å². The van der Waals surface area contributed by atoms with Crippen LogP contribution in [0.1, 0.15) is 15.9 Å². The van der Waals surface area contributed by atoms with E-state index in [2.05, 4.69) is 24.3 Å². The Bertz CT molecular complexity index is 754. The van der Waals surface area contributed by atoms with Crippen molar-refractivity contribution in [1.82, 2.24) is 4.90 Å². The highest BCUT2D eigenvalue weighted by Crippen LogP contribution is 2.22. The van der Waals surface area contributed by atoms with E-state index in [1.807, 2.05) is 23.1 Å². The Labute approximate surface area is 158 Å². The number of rotatable bonds is 4. The predicted molar refractivity (Wildman–Crippen MR) is 103 cm³/mol. The van der Waals surface area contributed by atoms with Crippen LogP contribution in [0.3, 0.4) is 0 Å². The zero-order valence-electron chi connectivity index (χ0n) is 13.9. The van der Waals surface area contributed by atoms with Crippen molar-refractivity contribution in [3.8, 4) is 0 Å². The van der Waals surface area contributed by atoms with Gasteiger partial charge in [0.15, 0.2) is 0 Å². The van der Waals surface area contributed by atoms with Crippen LogP contribution in [0.2, 0.25) is 10.0 Å². The maximum atomic E-state index is 12.6. The van der Waals surface area contributed by atoms with Crippen LogP contribution in [0.15, 0.2) is 54.6 Å². The summed E-state index contributed by atoms with van der Waals surface area (Å²) in [6.45, 7) is 4.34. The Morgan fingerprint density at radius 3 is 2.48 bits per heavy atom. The standard InChI is InChI=1S/C20H20Cl2N2O/c21-17-8-9-18(19(22)15-17)20(25)24-13-11-23(12-14-24)10-4-7-16-5-2-1-3-6-16/h1-9,15H,10-14H2/p+1. The number of carbonyl (C=O) groups is 1. The molecule has 0 spiro atoms. The average Bonchev–Trinajstić information content (AvgIpc) is 2.63. The van der Waals surface area contributed by atoms with Crippen LogP contribution in [0.5, 0.6) is 0 Å². The van der Waals surface area contributed by atoms with Crippen molar-refractivity contribution < 1.29 is 9.69 Å². The van der Waals surface area contributed by atoms with Crippen LogP contribution in [0.25, 0.3) is 6.08 Å². The Morgan fingerprint density at radius 2 is 1.80 bits per heavy atom. The lowest BCUT2D eigenvalue weighted by Gasteiger charge is -2.32. The van der Waals surface area contributed by atoms with Crippen LogP contribution in [-0.2, 0) is 0 Å². The minimum atomic E-state index is -0.0134. The number of quaternary nitrogens is 1. The first-order chi connectivity index (χ1) is 12.1. The Morgan fingerprint density at radius 1 is 1.08 bits per heavy atom. The molecule has 25 heavy (non-hydrogen) atoms. The molecule has 0 aliphatic carbocycles. The molecule has 130 valence electrons. The number of carbonyl (C=O) groups excluding carboxylic acids is 1. The highest BCUT2D eigenvalue weighted by molar-refractivity contribution is 6.36. The van der Waals surface area contributed by atoms with Crippen LogP contribution in [0, 0.1) is 0 Å². The summed E-state index contributed by atoms with van der Waals surface area (Å²) < 4.78 is 0. The summed E-state index contributed by atoms with van der Waals surface area (Å²) in [5.74, 6) is -0.0134. The summed E-state index contributed by atoms with van der Waals surface area (Å²) in [6, 6.07) is 15.3. The molecule has 0 atom stereocenters.